The van der Waals surface area contributed by atoms with Crippen molar-refractivity contribution < 1.29 is 14.3 Å². The Morgan fingerprint density at radius 1 is 1.17 bits per heavy atom. The molecule has 1 aliphatic heterocycles. The maximum Gasteiger partial charge on any atom is 0.410 e. The molecule has 1 atom stereocenters. The average molecular weight is 317 g/mol. The van der Waals surface area contributed by atoms with Crippen LogP contribution in [0.3, 0.4) is 0 Å². The van der Waals surface area contributed by atoms with Gasteiger partial charge in [0.25, 0.3) is 0 Å². The molecule has 1 unspecified atom stereocenters. The van der Waals surface area contributed by atoms with Gasteiger partial charge in [0.15, 0.2) is 0 Å². The van der Waals surface area contributed by atoms with Crippen LogP contribution in [0.2, 0.25) is 0 Å². The van der Waals surface area contributed by atoms with Gasteiger partial charge in [0.2, 0.25) is 5.91 Å². The maximum atomic E-state index is 12.2. The van der Waals surface area contributed by atoms with E-state index in [1.807, 2.05) is 35.2 Å². The van der Waals surface area contributed by atoms with Crippen molar-refractivity contribution in [3.8, 4) is 0 Å². The van der Waals surface area contributed by atoms with Gasteiger partial charge in [0.05, 0.1) is 12.6 Å². The Morgan fingerprint density at radius 3 is 2.57 bits per heavy atom. The number of hydrogen-bond acceptors (Lipinski definition) is 4. The topological polar surface area (TPSA) is 75.9 Å². The van der Waals surface area contributed by atoms with Crippen molar-refractivity contribution in [2.45, 2.75) is 38.0 Å². The zero-order valence-corrected chi connectivity index (χ0v) is 13.2. The van der Waals surface area contributed by atoms with Crippen LogP contribution in [0, 0.1) is 0 Å². The number of hydrogen-bond donors (Lipinski definition) is 1. The minimum atomic E-state index is -0.313. The van der Waals surface area contributed by atoms with E-state index >= 15 is 0 Å². The molecule has 124 valence electrons. The van der Waals surface area contributed by atoms with E-state index in [-0.39, 0.29) is 31.2 Å². The molecule has 2 N–H and O–H groups in total. The summed E-state index contributed by atoms with van der Waals surface area (Å²) in [7, 11) is 0. The van der Waals surface area contributed by atoms with Crippen LogP contribution in [0.5, 0.6) is 0 Å². The summed E-state index contributed by atoms with van der Waals surface area (Å²) in [4.78, 5) is 27.8. The van der Waals surface area contributed by atoms with Crippen molar-refractivity contribution in [3.05, 3.63) is 35.9 Å². The number of nitrogens with two attached hydrogens (primary N) is 1. The van der Waals surface area contributed by atoms with Gasteiger partial charge in [-0.25, -0.2) is 4.79 Å². The van der Waals surface area contributed by atoms with Crippen LogP contribution in [-0.4, -0.2) is 53.5 Å². The highest BCUT2D eigenvalue weighted by Crippen LogP contribution is 2.31. The molecule has 0 radical (unpaired) electrons. The van der Waals surface area contributed by atoms with Crippen molar-refractivity contribution in [1.29, 1.82) is 0 Å². The lowest BCUT2D eigenvalue weighted by molar-refractivity contribution is -0.132. The van der Waals surface area contributed by atoms with Crippen LogP contribution in [-0.2, 0) is 16.1 Å². The molecular formula is C17H23N3O3. The Labute approximate surface area is 136 Å². The van der Waals surface area contributed by atoms with E-state index in [2.05, 4.69) is 0 Å². The number of ether oxygens (including phenoxy) is 1. The highest BCUT2D eigenvalue weighted by atomic mass is 16.6. The van der Waals surface area contributed by atoms with Gasteiger partial charge in [-0.15, -0.1) is 0 Å². The van der Waals surface area contributed by atoms with Gasteiger partial charge in [-0.2, -0.15) is 0 Å². The monoisotopic (exact) mass is 317 g/mol. The van der Waals surface area contributed by atoms with Crippen LogP contribution < -0.4 is 5.73 Å². The number of carbonyl (C=O) groups is 2. The van der Waals surface area contributed by atoms with Crippen LogP contribution in [0.15, 0.2) is 30.3 Å². The highest BCUT2D eigenvalue weighted by molar-refractivity contribution is 5.79. The first kappa shape index (κ1) is 15.8. The van der Waals surface area contributed by atoms with Crippen molar-refractivity contribution in [1.82, 2.24) is 9.80 Å². The Bertz CT molecular complexity index is 559. The lowest BCUT2D eigenvalue weighted by Gasteiger charge is -2.28. The molecule has 1 saturated carbocycles. The molecule has 1 aliphatic carbocycles. The standard InChI is InChI=1S/C17H23N3O3/c18-10-16(21)20(14-6-7-14)15-8-9-19(11-15)17(22)23-12-13-4-2-1-3-5-13/h1-5,14-15H,6-12,18H2. The van der Waals surface area contributed by atoms with Crippen LogP contribution >= 0.6 is 0 Å². The fraction of sp³-hybridized carbons (Fsp3) is 0.529. The molecule has 3 rings (SSSR count). The summed E-state index contributed by atoms with van der Waals surface area (Å²) in [6.07, 6.45) is 2.57. The SMILES string of the molecule is NCC(=O)N(C1CC1)C1CCN(C(=O)OCc2ccccc2)C1. The third-order valence-electron chi connectivity index (χ3n) is 4.42. The lowest BCUT2D eigenvalue weighted by atomic mass is 10.2. The largest absolute Gasteiger partial charge is 0.445 e. The van der Waals surface area contributed by atoms with Crippen LogP contribution in [0.25, 0.3) is 0 Å². The molecule has 0 spiro atoms. The molecular weight excluding hydrogens is 294 g/mol. The van der Waals surface area contributed by atoms with Crippen LogP contribution in [0.4, 0.5) is 4.79 Å². The zero-order valence-electron chi connectivity index (χ0n) is 13.2. The minimum Gasteiger partial charge on any atom is -0.445 e. The maximum absolute atomic E-state index is 12.2. The van der Waals surface area contributed by atoms with Gasteiger partial charge < -0.3 is 20.3 Å². The van der Waals surface area contributed by atoms with E-state index in [9.17, 15) is 9.59 Å². The summed E-state index contributed by atoms with van der Waals surface area (Å²) in [6.45, 7) is 1.47. The predicted molar refractivity (Wildman–Crippen MR) is 85.5 cm³/mol. The van der Waals surface area contributed by atoms with Gasteiger partial charge >= 0.3 is 6.09 Å². The van der Waals surface area contributed by atoms with E-state index in [0.29, 0.717) is 19.1 Å². The molecule has 2 amide bonds. The lowest BCUT2D eigenvalue weighted by Crippen LogP contribution is -2.46. The number of rotatable bonds is 5. The first-order valence-electron chi connectivity index (χ1n) is 8.16. The highest BCUT2D eigenvalue weighted by Gasteiger charge is 2.40. The Balaban J connectivity index is 1.52. The summed E-state index contributed by atoms with van der Waals surface area (Å²) in [5.74, 6) is -0.0167. The second-order valence-corrected chi connectivity index (χ2v) is 6.17. The Morgan fingerprint density at radius 2 is 1.91 bits per heavy atom. The summed E-state index contributed by atoms with van der Waals surface area (Å²) >= 11 is 0. The summed E-state index contributed by atoms with van der Waals surface area (Å²) in [5, 5.41) is 0. The molecule has 2 fully saturated rings. The van der Waals surface area contributed by atoms with E-state index in [0.717, 1.165) is 24.8 Å². The molecule has 1 aromatic carbocycles. The van der Waals surface area contributed by atoms with Gasteiger partial charge in [-0.05, 0) is 24.8 Å². The third kappa shape index (κ3) is 3.82. The van der Waals surface area contributed by atoms with Crippen molar-refractivity contribution in [3.63, 3.8) is 0 Å². The molecule has 0 aromatic heterocycles. The fourth-order valence-corrected chi connectivity index (χ4v) is 3.11. The fourth-order valence-electron chi connectivity index (χ4n) is 3.11. The normalized spacial score (nSPS) is 20.4. The van der Waals surface area contributed by atoms with E-state index in [1.54, 1.807) is 4.90 Å². The number of carbonyl (C=O) groups excluding carboxylic acids is 2. The molecule has 6 nitrogen and oxygen atoms in total. The Kier molecular flexibility index (Phi) is 4.81. The molecule has 0 bridgehead atoms. The van der Waals surface area contributed by atoms with Gasteiger partial charge in [-0.3, -0.25) is 4.79 Å². The van der Waals surface area contributed by atoms with E-state index in [1.165, 1.54) is 0 Å². The van der Waals surface area contributed by atoms with Gasteiger partial charge in [0.1, 0.15) is 6.61 Å². The number of amides is 2. The summed E-state index contributed by atoms with van der Waals surface area (Å²) in [6, 6.07) is 10.0. The van der Waals surface area contributed by atoms with E-state index < -0.39 is 0 Å². The first-order chi connectivity index (χ1) is 11.2. The Hall–Kier alpha value is -2.08. The third-order valence-corrected chi connectivity index (χ3v) is 4.42. The van der Waals surface area contributed by atoms with Crippen LogP contribution in [0.1, 0.15) is 24.8 Å². The molecule has 1 saturated heterocycles. The first-order valence-corrected chi connectivity index (χ1v) is 8.16. The minimum absolute atomic E-state index is 0.0167. The smallest absolute Gasteiger partial charge is 0.410 e. The molecule has 6 heteroatoms. The van der Waals surface area contributed by atoms with Gasteiger partial charge in [-0.1, -0.05) is 30.3 Å². The number of likely N-dealkylation sites (tertiary alicyclic amines) is 1. The van der Waals surface area contributed by atoms with Crippen molar-refractivity contribution in [2.24, 2.45) is 5.73 Å². The van der Waals surface area contributed by atoms with Crippen molar-refractivity contribution >= 4 is 12.0 Å². The molecule has 2 aliphatic rings. The molecule has 1 aromatic rings. The summed E-state index contributed by atoms with van der Waals surface area (Å²) < 4.78 is 5.36. The zero-order chi connectivity index (χ0) is 16.2. The van der Waals surface area contributed by atoms with Crippen molar-refractivity contribution in [2.75, 3.05) is 19.6 Å². The summed E-state index contributed by atoms with van der Waals surface area (Å²) in [5.41, 5.74) is 6.48. The second-order valence-electron chi connectivity index (χ2n) is 6.17. The quantitative estimate of drug-likeness (QED) is 0.889. The molecule has 23 heavy (non-hydrogen) atoms. The predicted octanol–water partition coefficient (Wildman–Crippen LogP) is 1.35. The average Bonchev–Trinajstić information content (AvgIpc) is 3.29. The second kappa shape index (κ2) is 7.00. The number of nitrogens with zero attached hydrogens (tertiary/aromatic N) is 2. The van der Waals surface area contributed by atoms with Gasteiger partial charge in [0, 0.05) is 19.1 Å². The number of benzene rings is 1. The molecule has 1 heterocycles. The van der Waals surface area contributed by atoms with E-state index in [4.69, 9.17) is 10.5 Å².